The van der Waals surface area contributed by atoms with E-state index < -0.39 is 12.8 Å². The molecule has 1 saturated heterocycles. The fraction of sp³-hybridized carbons (Fsp3) is 0.632. The van der Waals surface area contributed by atoms with Crippen molar-refractivity contribution in [2.75, 3.05) is 29.5 Å². The average molecular weight is 397 g/mol. The predicted molar refractivity (Wildman–Crippen MR) is 117 cm³/mol. The molecule has 1 aliphatic heterocycles. The van der Waals surface area contributed by atoms with Crippen molar-refractivity contribution in [3.63, 3.8) is 0 Å². The van der Waals surface area contributed by atoms with Crippen molar-refractivity contribution in [2.45, 2.75) is 46.8 Å². The van der Waals surface area contributed by atoms with Gasteiger partial charge < -0.3 is 15.3 Å². The topological polar surface area (TPSA) is 58.5 Å². The number of hydrogen-bond acceptors (Lipinski definition) is 2. The van der Waals surface area contributed by atoms with Crippen LogP contribution in [-0.4, -0.2) is 36.3 Å². The zero-order valence-electron chi connectivity index (χ0n) is 16.7. The Kier molecular flexibility index (Phi) is 8.24. The summed E-state index contributed by atoms with van der Waals surface area (Å²) in [5.41, 5.74) is 0.932. The number of nitrogens with one attached hydrogen (secondary N) is 2. The van der Waals surface area contributed by atoms with E-state index >= 15 is 0 Å². The van der Waals surface area contributed by atoms with Crippen molar-refractivity contribution in [1.82, 2.24) is 10.4 Å². The van der Waals surface area contributed by atoms with Crippen LogP contribution in [0.1, 0.15) is 41.0 Å². The molecule has 7 heteroatoms. The molecular formula is C19H33N4OPS. The van der Waals surface area contributed by atoms with E-state index in [4.69, 9.17) is 5.09 Å². The van der Waals surface area contributed by atoms with Crippen molar-refractivity contribution in [2.24, 2.45) is 5.92 Å². The highest BCUT2D eigenvalue weighted by atomic mass is 32.5. The van der Waals surface area contributed by atoms with Crippen LogP contribution >= 0.6 is 7.00 Å². The van der Waals surface area contributed by atoms with Crippen molar-refractivity contribution < 1.29 is 4.79 Å². The molecule has 0 aromatic heterocycles. The van der Waals surface area contributed by atoms with Gasteiger partial charge in [-0.1, -0.05) is 52.8 Å². The predicted octanol–water partition coefficient (Wildman–Crippen LogP) is 4.19. The van der Waals surface area contributed by atoms with Gasteiger partial charge in [-0.3, -0.25) is 4.79 Å². The highest BCUT2D eigenvalue weighted by Crippen LogP contribution is 2.50. The van der Waals surface area contributed by atoms with E-state index in [9.17, 15) is 4.79 Å². The first-order valence-corrected chi connectivity index (χ1v) is 13.0. The van der Waals surface area contributed by atoms with Gasteiger partial charge in [-0.05, 0) is 41.1 Å². The van der Waals surface area contributed by atoms with Gasteiger partial charge >= 0.3 is 0 Å². The van der Waals surface area contributed by atoms with Crippen LogP contribution in [0.15, 0.2) is 30.3 Å². The Bertz CT molecular complexity index is 622. The molecule has 2 atom stereocenters. The van der Waals surface area contributed by atoms with Gasteiger partial charge in [-0.2, -0.15) is 0 Å². The molecule has 2 rings (SSSR count). The van der Waals surface area contributed by atoms with Gasteiger partial charge in [0.25, 0.3) is 0 Å². The van der Waals surface area contributed by atoms with Crippen LogP contribution in [0.2, 0.25) is 0 Å². The van der Waals surface area contributed by atoms with Gasteiger partial charge in [-0.15, -0.1) is 5.09 Å². The largest absolute Gasteiger partial charge is 0.373 e. The van der Waals surface area contributed by atoms with E-state index in [0.717, 1.165) is 30.2 Å². The molecule has 146 valence electrons. The molecule has 1 aromatic carbocycles. The van der Waals surface area contributed by atoms with Crippen LogP contribution in [0, 0.1) is 5.92 Å². The molecule has 26 heavy (non-hydrogen) atoms. The van der Waals surface area contributed by atoms with Gasteiger partial charge in [0, 0.05) is 23.7 Å². The molecule has 0 saturated carbocycles. The zero-order valence-corrected chi connectivity index (χ0v) is 18.4. The van der Waals surface area contributed by atoms with E-state index in [1.54, 1.807) is 0 Å². The highest BCUT2D eigenvalue weighted by Gasteiger charge is 2.47. The summed E-state index contributed by atoms with van der Waals surface area (Å²) >= 11 is 0. The summed E-state index contributed by atoms with van der Waals surface area (Å²) in [6.07, 6.45) is 0.965. The minimum absolute atomic E-state index is 0.0142. The van der Waals surface area contributed by atoms with Crippen molar-refractivity contribution in [3.05, 3.63) is 35.4 Å². The summed E-state index contributed by atoms with van der Waals surface area (Å²) in [6, 6.07) is 9.93. The number of hydrogen-bond donors (Lipinski definition) is 2. The van der Waals surface area contributed by atoms with Gasteiger partial charge in [-0.25, -0.2) is 0 Å². The van der Waals surface area contributed by atoms with Crippen molar-refractivity contribution in [3.8, 4) is 0 Å². The monoisotopic (exact) mass is 396 g/mol. The van der Waals surface area contributed by atoms with Gasteiger partial charge in [0.15, 0.2) is 0 Å². The molecule has 1 heterocycles. The maximum atomic E-state index is 13.6. The molecule has 5 nitrogen and oxygen atoms in total. The van der Waals surface area contributed by atoms with Crippen LogP contribution in [-0.2, 0) is 14.9 Å². The molecule has 1 aromatic rings. The second-order valence-electron chi connectivity index (χ2n) is 6.81. The summed E-state index contributed by atoms with van der Waals surface area (Å²) in [4.78, 5) is 15.4. The minimum atomic E-state index is -0.956. The molecule has 0 bridgehead atoms. The van der Waals surface area contributed by atoms with E-state index in [0.29, 0.717) is 12.5 Å². The van der Waals surface area contributed by atoms with Gasteiger partial charge in [0.05, 0.1) is 0 Å². The average Bonchev–Trinajstić information content (AvgIpc) is 2.61. The van der Waals surface area contributed by atoms with Crippen LogP contribution in [0.25, 0.3) is 5.09 Å². The Morgan fingerprint density at radius 3 is 2.38 bits per heavy atom. The molecule has 0 aliphatic carbocycles. The Morgan fingerprint density at radius 1 is 1.27 bits per heavy atom. The highest BCUT2D eigenvalue weighted by molar-refractivity contribution is 8.27. The number of nitrogens with zero attached hydrogens (tertiary/aromatic N) is 2. The number of carbonyl (C=O) groups excluding carboxylic acids is 1. The fourth-order valence-electron chi connectivity index (χ4n) is 2.87. The van der Waals surface area contributed by atoms with E-state index in [-0.39, 0.29) is 16.0 Å². The van der Waals surface area contributed by atoms with Crippen LogP contribution in [0.3, 0.4) is 0 Å². The van der Waals surface area contributed by atoms with Crippen LogP contribution in [0.5, 0.6) is 0 Å². The second-order valence-corrected chi connectivity index (χ2v) is 12.4. The zero-order chi connectivity index (χ0) is 19.2. The minimum Gasteiger partial charge on any atom is -0.373 e. The maximum Gasteiger partial charge on any atom is 0.247 e. The Morgan fingerprint density at radius 2 is 1.88 bits per heavy atom. The van der Waals surface area contributed by atoms with Crippen molar-refractivity contribution >= 4 is 28.7 Å². The summed E-state index contributed by atoms with van der Waals surface area (Å²) in [7, 11) is 0.243. The summed E-state index contributed by atoms with van der Waals surface area (Å²) in [6.45, 7) is 11.6. The number of carbonyl (C=O) groups is 1. The number of anilines is 1. The number of rotatable bonds is 9. The normalized spacial score (nSPS) is 21.1. The summed E-state index contributed by atoms with van der Waals surface area (Å²) < 4.78 is 0. The third-order valence-electron chi connectivity index (χ3n) is 4.21. The maximum absolute atomic E-state index is 13.6. The first-order chi connectivity index (χ1) is 12.5. The lowest BCUT2D eigenvalue weighted by Gasteiger charge is -2.50. The molecular weight excluding hydrogens is 363 g/mol. The smallest absolute Gasteiger partial charge is 0.247 e. The Labute approximate surface area is 161 Å². The molecule has 0 spiro atoms. The number of amides is 1. The second kappa shape index (κ2) is 9.95. The summed E-state index contributed by atoms with van der Waals surface area (Å²) in [5, 5.41) is 11.9. The lowest BCUT2D eigenvalue weighted by atomic mass is 10.1. The van der Waals surface area contributed by atoms with E-state index in [1.807, 2.05) is 35.2 Å². The molecule has 2 unspecified atom stereocenters. The van der Waals surface area contributed by atoms with Crippen LogP contribution < -0.4 is 15.3 Å². The molecule has 0 radical (unpaired) electrons. The lowest BCUT2D eigenvalue weighted by Crippen LogP contribution is -2.69. The standard InChI is InChI=1S/C19H33N4OPS/c1-6-14-20-19(21-25(22-19)26(7-2)8-3)18(24)23(15-16(4)5)17-12-10-9-11-13-17/h9-13,16,20H,6-8,14-15H2,1-5H3,(H,21,22). The molecule has 1 aliphatic rings. The third-order valence-corrected chi connectivity index (χ3v) is 10.6. The summed E-state index contributed by atoms with van der Waals surface area (Å²) in [5.74, 6) is 1.67. The third kappa shape index (κ3) is 4.93. The lowest BCUT2D eigenvalue weighted by molar-refractivity contribution is -0.124. The fourth-order valence-corrected chi connectivity index (χ4v) is 7.86. The first-order valence-electron chi connectivity index (χ1n) is 9.57. The van der Waals surface area contributed by atoms with Gasteiger partial charge in [0.1, 0.15) is 12.8 Å². The molecule has 2 N–H and O–H groups in total. The van der Waals surface area contributed by atoms with E-state index in [1.165, 1.54) is 0 Å². The molecule has 1 amide bonds. The molecule has 1 fully saturated rings. The van der Waals surface area contributed by atoms with Gasteiger partial charge in [0.2, 0.25) is 5.91 Å². The number of para-hydroxylation sites is 1. The number of benzene rings is 1. The first kappa shape index (κ1) is 21.5. The SMILES string of the molecule is CCCNC1(C(=O)N(CC(C)C)c2ccccc2)[N-][P+](=S(CC)CC)N1. The van der Waals surface area contributed by atoms with E-state index in [2.05, 4.69) is 45.0 Å². The quantitative estimate of drug-likeness (QED) is 0.615. The van der Waals surface area contributed by atoms with Crippen LogP contribution in [0.4, 0.5) is 5.69 Å². The van der Waals surface area contributed by atoms with Crippen molar-refractivity contribution in [1.29, 1.82) is 0 Å². The Hall–Kier alpha value is -0.780. The Balaban J connectivity index is 2.31.